The van der Waals surface area contributed by atoms with Crippen LogP contribution < -0.4 is 10.1 Å². The average molecular weight is 327 g/mol. The van der Waals surface area contributed by atoms with E-state index in [0.29, 0.717) is 10.8 Å². The third kappa shape index (κ3) is 3.57. The van der Waals surface area contributed by atoms with Crippen LogP contribution in [0.3, 0.4) is 0 Å². The van der Waals surface area contributed by atoms with Gasteiger partial charge in [-0.2, -0.15) is 0 Å². The Hall–Kier alpha value is -2.26. The molecule has 3 aromatic rings. The number of hydrogen-bond acceptors (Lipinski definition) is 3. The molecule has 23 heavy (non-hydrogen) atoms. The number of halogens is 1. The molecule has 0 bridgehead atoms. The van der Waals surface area contributed by atoms with Crippen LogP contribution >= 0.6 is 11.6 Å². The molecular weight excluding hydrogens is 308 g/mol. The van der Waals surface area contributed by atoms with Crippen LogP contribution in [-0.4, -0.2) is 18.6 Å². The second kappa shape index (κ2) is 6.88. The van der Waals surface area contributed by atoms with Gasteiger partial charge in [-0.3, -0.25) is 4.98 Å². The van der Waals surface area contributed by atoms with Crippen LogP contribution in [0, 0.1) is 6.92 Å². The Bertz CT molecular complexity index is 818. The van der Waals surface area contributed by atoms with E-state index in [-0.39, 0.29) is 0 Å². The molecule has 0 atom stereocenters. The molecule has 0 fully saturated rings. The molecule has 3 nitrogen and oxygen atoms in total. The van der Waals surface area contributed by atoms with E-state index < -0.39 is 0 Å². The van der Waals surface area contributed by atoms with Crippen molar-refractivity contribution in [3.8, 4) is 5.75 Å². The number of aryl methyl sites for hydroxylation is 1. The van der Waals surface area contributed by atoms with Gasteiger partial charge in [-0.05, 0) is 37.1 Å². The lowest BCUT2D eigenvalue weighted by molar-refractivity contribution is 0.415. The molecule has 2 aromatic carbocycles. The Kier molecular flexibility index (Phi) is 4.68. The lowest BCUT2D eigenvalue weighted by Gasteiger charge is -2.13. The fraction of sp³-hybridized carbons (Fsp3) is 0.211. The zero-order valence-corrected chi connectivity index (χ0v) is 14.0. The van der Waals surface area contributed by atoms with Crippen LogP contribution in [0.15, 0.2) is 48.5 Å². The van der Waals surface area contributed by atoms with Crippen molar-refractivity contribution in [1.29, 1.82) is 0 Å². The molecule has 0 aliphatic carbocycles. The standard InChI is InChI=1S/C19H19ClN2O/c1-13-10-17(21-9-8-14-6-4-3-5-7-14)15-11-19(23-2)16(20)12-18(15)22-13/h3-7,10-12H,8-9H2,1-2H3,(H,21,22). The Morgan fingerprint density at radius 2 is 1.91 bits per heavy atom. The van der Waals surface area contributed by atoms with Crippen LogP contribution in [0.2, 0.25) is 5.02 Å². The molecule has 1 heterocycles. The Morgan fingerprint density at radius 3 is 2.65 bits per heavy atom. The number of nitrogens with one attached hydrogen (secondary N) is 1. The molecule has 0 unspecified atom stereocenters. The van der Waals surface area contributed by atoms with Crippen molar-refractivity contribution in [2.45, 2.75) is 13.3 Å². The quantitative estimate of drug-likeness (QED) is 0.727. The molecule has 1 N–H and O–H groups in total. The molecule has 0 saturated carbocycles. The summed E-state index contributed by atoms with van der Waals surface area (Å²) in [4.78, 5) is 4.56. The molecule has 0 spiro atoms. The van der Waals surface area contributed by atoms with Crippen molar-refractivity contribution in [3.63, 3.8) is 0 Å². The van der Waals surface area contributed by atoms with Gasteiger partial charge < -0.3 is 10.1 Å². The molecule has 0 aliphatic heterocycles. The minimum absolute atomic E-state index is 0.577. The highest BCUT2D eigenvalue weighted by atomic mass is 35.5. The number of fused-ring (bicyclic) bond motifs is 1. The van der Waals surface area contributed by atoms with E-state index in [9.17, 15) is 0 Å². The van der Waals surface area contributed by atoms with Gasteiger partial charge in [0.1, 0.15) is 5.75 Å². The molecule has 0 aliphatic rings. The lowest BCUT2D eigenvalue weighted by atomic mass is 10.1. The third-order valence-corrected chi connectivity index (χ3v) is 4.08. The van der Waals surface area contributed by atoms with Crippen molar-refractivity contribution in [2.24, 2.45) is 0 Å². The molecule has 4 heteroatoms. The number of hydrogen-bond donors (Lipinski definition) is 1. The van der Waals surface area contributed by atoms with Crippen molar-refractivity contribution >= 4 is 28.2 Å². The fourth-order valence-electron chi connectivity index (χ4n) is 2.65. The van der Waals surface area contributed by atoms with Crippen molar-refractivity contribution < 1.29 is 4.74 Å². The average Bonchev–Trinajstić information content (AvgIpc) is 2.55. The first-order valence-electron chi connectivity index (χ1n) is 7.60. The predicted molar refractivity (Wildman–Crippen MR) is 96.7 cm³/mol. The van der Waals surface area contributed by atoms with E-state index in [4.69, 9.17) is 16.3 Å². The summed E-state index contributed by atoms with van der Waals surface area (Å²) < 4.78 is 5.32. The van der Waals surface area contributed by atoms with Crippen LogP contribution in [0.4, 0.5) is 5.69 Å². The van der Waals surface area contributed by atoms with Gasteiger partial charge >= 0.3 is 0 Å². The maximum atomic E-state index is 6.21. The van der Waals surface area contributed by atoms with E-state index >= 15 is 0 Å². The highest BCUT2D eigenvalue weighted by molar-refractivity contribution is 6.32. The Morgan fingerprint density at radius 1 is 1.13 bits per heavy atom. The first kappa shape index (κ1) is 15.6. The number of pyridine rings is 1. The summed E-state index contributed by atoms with van der Waals surface area (Å²) in [5.74, 6) is 0.663. The maximum Gasteiger partial charge on any atom is 0.138 e. The van der Waals surface area contributed by atoms with Crippen molar-refractivity contribution in [1.82, 2.24) is 4.98 Å². The molecule has 1 aromatic heterocycles. The summed E-state index contributed by atoms with van der Waals surface area (Å²) in [6.45, 7) is 2.84. The monoisotopic (exact) mass is 326 g/mol. The van der Waals surface area contributed by atoms with Crippen LogP contribution in [0.25, 0.3) is 10.9 Å². The minimum atomic E-state index is 0.577. The second-order valence-corrected chi connectivity index (χ2v) is 5.88. The fourth-order valence-corrected chi connectivity index (χ4v) is 2.88. The van der Waals surface area contributed by atoms with E-state index in [1.54, 1.807) is 7.11 Å². The minimum Gasteiger partial charge on any atom is -0.495 e. The van der Waals surface area contributed by atoms with Gasteiger partial charge in [0.05, 0.1) is 17.6 Å². The SMILES string of the molecule is COc1cc2c(NCCc3ccccc3)cc(C)nc2cc1Cl. The molecule has 0 amide bonds. The molecule has 118 valence electrons. The van der Waals surface area contributed by atoms with Crippen molar-refractivity contribution in [3.05, 3.63) is 64.8 Å². The number of methoxy groups -OCH3 is 1. The second-order valence-electron chi connectivity index (χ2n) is 5.48. The van der Waals surface area contributed by atoms with Crippen LogP contribution in [0.5, 0.6) is 5.75 Å². The predicted octanol–water partition coefficient (Wildman–Crippen LogP) is 4.86. The summed E-state index contributed by atoms with van der Waals surface area (Å²) in [6.07, 6.45) is 0.967. The summed E-state index contributed by atoms with van der Waals surface area (Å²) >= 11 is 6.21. The molecule has 0 radical (unpaired) electrons. The van der Waals surface area contributed by atoms with Gasteiger partial charge in [0, 0.05) is 23.3 Å². The number of nitrogens with zero attached hydrogens (tertiary/aromatic N) is 1. The number of anilines is 1. The smallest absolute Gasteiger partial charge is 0.138 e. The van der Waals surface area contributed by atoms with Crippen molar-refractivity contribution in [2.75, 3.05) is 19.0 Å². The first-order chi connectivity index (χ1) is 11.2. The Balaban J connectivity index is 1.87. The number of rotatable bonds is 5. The lowest BCUT2D eigenvalue weighted by Crippen LogP contribution is -2.06. The summed E-state index contributed by atoms with van der Waals surface area (Å²) in [5.41, 5.74) is 4.20. The molecule has 0 saturated heterocycles. The first-order valence-corrected chi connectivity index (χ1v) is 7.98. The zero-order chi connectivity index (χ0) is 16.2. The number of aromatic nitrogens is 1. The van der Waals surface area contributed by atoms with E-state index in [1.165, 1.54) is 5.56 Å². The highest BCUT2D eigenvalue weighted by Crippen LogP contribution is 2.33. The van der Waals surface area contributed by atoms with Gasteiger partial charge in [-0.15, -0.1) is 0 Å². The van der Waals surface area contributed by atoms with E-state index in [1.807, 2.05) is 25.1 Å². The zero-order valence-electron chi connectivity index (χ0n) is 13.3. The highest BCUT2D eigenvalue weighted by Gasteiger charge is 2.09. The summed E-state index contributed by atoms with van der Waals surface area (Å²) in [6, 6.07) is 16.3. The van der Waals surface area contributed by atoms with Gasteiger partial charge in [-0.25, -0.2) is 0 Å². The van der Waals surface area contributed by atoms with E-state index in [0.717, 1.165) is 35.2 Å². The van der Waals surface area contributed by atoms with Gasteiger partial charge in [0.15, 0.2) is 0 Å². The summed E-state index contributed by atoms with van der Waals surface area (Å²) in [7, 11) is 1.62. The normalized spacial score (nSPS) is 10.7. The number of benzene rings is 2. The topological polar surface area (TPSA) is 34.1 Å². The third-order valence-electron chi connectivity index (χ3n) is 3.78. The maximum absolute atomic E-state index is 6.21. The van der Waals surface area contributed by atoms with Gasteiger partial charge in [-0.1, -0.05) is 41.9 Å². The van der Waals surface area contributed by atoms with Gasteiger partial charge in [0.2, 0.25) is 0 Å². The Labute approximate surface area is 141 Å². The molecular formula is C19H19ClN2O. The van der Waals surface area contributed by atoms with Gasteiger partial charge in [0.25, 0.3) is 0 Å². The summed E-state index contributed by atoms with van der Waals surface area (Å²) in [5, 5.41) is 5.10. The van der Waals surface area contributed by atoms with E-state index in [2.05, 4.69) is 40.6 Å². The molecule has 3 rings (SSSR count). The largest absolute Gasteiger partial charge is 0.495 e. The number of ether oxygens (including phenoxy) is 1. The van der Waals surface area contributed by atoms with Crippen LogP contribution in [0.1, 0.15) is 11.3 Å². The van der Waals surface area contributed by atoms with Crippen LogP contribution in [-0.2, 0) is 6.42 Å².